The van der Waals surface area contributed by atoms with E-state index in [9.17, 15) is 86.6 Å². The van der Waals surface area contributed by atoms with Gasteiger partial charge >= 0.3 is 17.9 Å². The van der Waals surface area contributed by atoms with Crippen molar-refractivity contribution in [1.29, 1.82) is 0 Å². The molecule has 672 valence electrons. The van der Waals surface area contributed by atoms with E-state index in [1.54, 1.807) is 43.0 Å². The van der Waals surface area contributed by atoms with Gasteiger partial charge in [0.25, 0.3) is 12.4 Å². The topological polar surface area (TPSA) is 486 Å². The highest BCUT2D eigenvalue weighted by Gasteiger charge is 2.44. The quantitative estimate of drug-likeness (QED) is 0.0154. The zero-order chi connectivity index (χ0) is 89.6. The van der Waals surface area contributed by atoms with Crippen molar-refractivity contribution < 1.29 is 115 Å². The van der Waals surface area contributed by atoms with Crippen LogP contribution in [-0.2, 0) is 107 Å². The summed E-state index contributed by atoms with van der Waals surface area (Å²) in [6.07, 6.45) is -1.53. The van der Waals surface area contributed by atoms with E-state index < -0.39 is 173 Å². The van der Waals surface area contributed by atoms with Gasteiger partial charge in [0.2, 0.25) is 65.0 Å². The standard InChI is InChI=1S/C82H122N12O24S3/c1-12-52(6)59(78(110)92(13-2)62(50(3)4)40-63(118-54(8)96)77-89-61(47-119-77)76(109)87-57(36-53(7)117-48-95)37-55-22-20-51(5)21-23-55)39-66(98)82(9,10)90(11)44-68(100)83-26-16-14-18-56(38-58(97)24-25-71(103)91-30-32-93-72(104)41-64(79(93)111)120-49-121-65-42-73(105)94(33-31-91)80(65)112)75(108)88-60(81(113)114)19-15-17-27-84-69(101)45-116-35-29-86-70(102)46-115-34-28-85-67(99)43-74(106)107/h20-23,47-48,50,52-53,56-57,59-60,62-65H,12-19,24-46,49H2,1-11H3,(H,83,100)(H,84,101)(H,85,99)(H,86,102)(H,87,109)(H,88,108)(H,106,107)(H,113,114)/t52?,53?,56?,57-,59+,60?,62-,63-,64?,65?/m1/s1. The number of amides is 12. The number of ether oxygens (including phenoxy) is 4. The summed E-state index contributed by atoms with van der Waals surface area (Å²) in [6.45, 7) is 16.8. The first-order chi connectivity index (χ1) is 57.4. The number of benzene rings is 1. The smallest absolute Gasteiger partial charge is 0.326 e. The number of hydrogen-bond donors (Lipinski definition) is 8. The summed E-state index contributed by atoms with van der Waals surface area (Å²) in [5, 5.41) is 35.7. The van der Waals surface area contributed by atoms with Gasteiger partial charge in [-0.25, -0.2) is 9.78 Å². The molecular weight excluding hydrogens is 1630 g/mol. The number of unbranched alkanes of at least 4 members (excludes halogenated alkanes) is 2. The minimum Gasteiger partial charge on any atom is -0.481 e. The fourth-order valence-corrected chi connectivity index (χ4v) is 17.5. The van der Waals surface area contributed by atoms with Crippen molar-refractivity contribution in [2.24, 2.45) is 23.7 Å². The van der Waals surface area contributed by atoms with E-state index in [2.05, 4.69) is 36.9 Å². The van der Waals surface area contributed by atoms with E-state index >= 15 is 4.79 Å². The fraction of sp³-hybridized carbons (Fsp3) is 0.671. The molecule has 36 nitrogen and oxygen atoms in total. The molecule has 2 aromatic rings. The maximum atomic E-state index is 15.2. The second-order valence-corrected chi connectivity index (χ2v) is 35.0. The minimum atomic E-state index is -1.45. The molecule has 3 fully saturated rings. The first-order valence-electron chi connectivity index (χ1n) is 41.2. The lowest BCUT2D eigenvalue weighted by molar-refractivity contribution is -0.151. The van der Waals surface area contributed by atoms with Crippen LogP contribution in [0.25, 0.3) is 0 Å². The van der Waals surface area contributed by atoms with Crippen LogP contribution in [0.4, 0.5) is 0 Å². The van der Waals surface area contributed by atoms with Crippen LogP contribution >= 0.6 is 34.9 Å². The van der Waals surface area contributed by atoms with Crippen LogP contribution in [0.2, 0.25) is 0 Å². The highest BCUT2D eigenvalue weighted by Crippen LogP contribution is 2.36. The molecular formula is C82H122N12O24S3. The number of likely N-dealkylation sites (N-methyl/N-ethyl adjacent to an activating group) is 1. The normalized spacial score (nSPS) is 17.1. The molecule has 3 saturated heterocycles. The molecule has 10 atom stereocenters. The molecule has 4 bridgehead atoms. The number of rotatable bonds is 54. The first-order valence-corrected chi connectivity index (χ1v) is 44.2. The third-order valence-corrected chi connectivity index (χ3v) is 25.1. The summed E-state index contributed by atoms with van der Waals surface area (Å²) in [4.78, 5) is 247. The number of Topliss-reactive ketones (excluding diaryl/α,β-unsaturated/α-hetero) is 2. The molecule has 3 aliphatic heterocycles. The van der Waals surface area contributed by atoms with Crippen LogP contribution in [0.3, 0.4) is 0 Å². The van der Waals surface area contributed by atoms with E-state index in [0.29, 0.717) is 35.8 Å². The number of carboxylic acids is 2. The second-order valence-electron chi connectivity index (χ2n) is 31.4. The van der Waals surface area contributed by atoms with Crippen molar-refractivity contribution in [2.75, 3.05) is 104 Å². The number of esters is 1. The van der Waals surface area contributed by atoms with Crippen molar-refractivity contribution in [3.8, 4) is 0 Å². The fourth-order valence-electron chi connectivity index (χ4n) is 13.9. The molecule has 6 unspecified atom stereocenters. The molecule has 39 heteroatoms. The summed E-state index contributed by atoms with van der Waals surface area (Å²) < 4.78 is 21.5. The number of carbonyl (C=O) groups excluding carboxylic acids is 16. The van der Waals surface area contributed by atoms with Crippen molar-refractivity contribution in [3.05, 3.63) is 51.5 Å². The number of aryl methyl sites for hydroxylation is 1. The molecule has 4 heterocycles. The first kappa shape index (κ1) is 102. The summed E-state index contributed by atoms with van der Waals surface area (Å²) >= 11 is 3.54. The van der Waals surface area contributed by atoms with Crippen LogP contribution in [0.5, 0.6) is 0 Å². The van der Waals surface area contributed by atoms with Gasteiger partial charge in [0.1, 0.15) is 48.3 Å². The van der Waals surface area contributed by atoms with Crippen molar-refractivity contribution in [1.82, 2.24) is 61.4 Å². The Morgan fingerprint density at radius 1 is 0.711 bits per heavy atom. The Bertz CT molecular complexity index is 3860. The highest BCUT2D eigenvalue weighted by atomic mass is 32.2. The van der Waals surface area contributed by atoms with Gasteiger partial charge < -0.3 is 70.9 Å². The molecule has 0 aliphatic carbocycles. The van der Waals surface area contributed by atoms with Crippen LogP contribution in [0.15, 0.2) is 29.6 Å². The van der Waals surface area contributed by atoms with Gasteiger partial charge in [-0.3, -0.25) is 96.2 Å². The molecule has 8 N–H and O–H groups in total. The highest BCUT2D eigenvalue weighted by molar-refractivity contribution is 8.17. The van der Waals surface area contributed by atoms with Gasteiger partial charge in [0.15, 0.2) is 11.9 Å². The van der Waals surface area contributed by atoms with E-state index in [4.69, 9.17) is 24.1 Å². The van der Waals surface area contributed by atoms with Crippen LogP contribution < -0.4 is 31.9 Å². The van der Waals surface area contributed by atoms with Gasteiger partial charge in [-0.1, -0.05) is 70.4 Å². The van der Waals surface area contributed by atoms with E-state index in [-0.39, 0.29) is 185 Å². The number of ketones is 2. The van der Waals surface area contributed by atoms with Crippen LogP contribution in [0, 0.1) is 30.6 Å². The lowest BCUT2D eigenvalue weighted by Crippen LogP contribution is -2.53. The largest absolute Gasteiger partial charge is 0.481 e. The average Bonchev–Trinajstić information content (AvgIpc) is 1.34. The van der Waals surface area contributed by atoms with Crippen molar-refractivity contribution >= 4 is 142 Å². The number of nitrogens with zero attached hydrogens (tertiary/aromatic N) is 6. The summed E-state index contributed by atoms with van der Waals surface area (Å²) in [5.74, 6) is -12.7. The SMILES string of the molecule is CCC(C)[C@H](CC(=O)C(C)(C)N(C)CC(=O)NCCCCC(CC(=O)CCC(=O)N1CCN2C(=O)CC(SCSC3CC(=O)N(CC1)C3=O)C2=O)C(=O)NC(CCCCNC(=O)COCCNC(=O)COCCNC(=O)CC(=O)O)C(=O)O)C(=O)N(CC)[C@H](C[C@@H](OC(C)=O)c1nc(C(=O)N[C@@H](Cc2ccc(C)cc2)CC(C)OC=O)cs1)C(C)C. The van der Waals surface area contributed by atoms with E-state index in [1.807, 2.05) is 65.8 Å². The molecule has 12 amide bonds. The number of thioether (sulfide) groups is 2. The number of aromatic nitrogens is 1. The molecule has 0 spiro atoms. The predicted molar refractivity (Wildman–Crippen MR) is 446 cm³/mol. The minimum absolute atomic E-state index is 0.00652. The van der Waals surface area contributed by atoms with Gasteiger partial charge in [-0.05, 0) is 97.6 Å². The molecule has 5 rings (SSSR count). The predicted octanol–water partition coefficient (Wildman–Crippen LogP) is 3.70. The number of aliphatic carboxylic acids is 2. The Hall–Kier alpha value is -9.31. The third kappa shape index (κ3) is 34.9. The number of hydrogen-bond acceptors (Lipinski definition) is 27. The molecule has 3 aliphatic rings. The lowest BCUT2D eigenvalue weighted by Gasteiger charge is -2.40. The van der Waals surface area contributed by atoms with E-state index in [0.717, 1.165) is 32.3 Å². The van der Waals surface area contributed by atoms with Gasteiger partial charge in [0, 0.05) is 152 Å². The average molecular weight is 1760 g/mol. The summed E-state index contributed by atoms with van der Waals surface area (Å²) in [5.41, 5.74) is 0.805. The monoisotopic (exact) mass is 1750 g/mol. The van der Waals surface area contributed by atoms with Gasteiger partial charge in [-0.15, -0.1) is 34.9 Å². The lowest BCUT2D eigenvalue weighted by atomic mass is 9.81. The van der Waals surface area contributed by atoms with Crippen LogP contribution in [0.1, 0.15) is 198 Å². The number of fused-ring (bicyclic) bond motifs is 4. The molecule has 0 saturated carbocycles. The maximum Gasteiger partial charge on any atom is 0.326 e. The summed E-state index contributed by atoms with van der Waals surface area (Å²) in [6, 6.07) is 5.40. The Morgan fingerprint density at radius 3 is 1.83 bits per heavy atom. The molecule has 0 radical (unpaired) electrons. The zero-order valence-electron chi connectivity index (χ0n) is 71.2. The number of carbonyl (C=O) groups is 18. The van der Waals surface area contributed by atoms with E-state index in [1.165, 1.54) is 35.3 Å². The van der Waals surface area contributed by atoms with Crippen molar-refractivity contribution in [3.63, 3.8) is 0 Å². The Balaban J connectivity index is 1.20. The number of imide groups is 2. The molecule has 1 aromatic carbocycles. The zero-order valence-corrected chi connectivity index (χ0v) is 73.7. The molecule has 121 heavy (non-hydrogen) atoms. The number of nitrogens with one attached hydrogen (secondary N) is 6. The number of carboxylic acid groups (broad SMARTS) is 2. The van der Waals surface area contributed by atoms with Gasteiger partial charge in [-0.2, -0.15) is 0 Å². The number of thiazole rings is 1. The van der Waals surface area contributed by atoms with Gasteiger partial charge in [0.05, 0.1) is 35.8 Å². The van der Waals surface area contributed by atoms with Crippen LogP contribution in [-0.4, -0.2) is 291 Å². The maximum absolute atomic E-state index is 15.2. The van der Waals surface area contributed by atoms with Crippen molar-refractivity contribution in [2.45, 2.75) is 225 Å². The Kier molecular flexibility index (Phi) is 44.1. The third-order valence-electron chi connectivity index (χ3n) is 21.5. The Labute approximate surface area is 718 Å². The Morgan fingerprint density at radius 2 is 1.28 bits per heavy atom. The molecule has 1 aromatic heterocycles. The summed E-state index contributed by atoms with van der Waals surface area (Å²) in [7, 11) is 1.61. The second kappa shape index (κ2) is 52.2.